The van der Waals surface area contributed by atoms with Crippen LogP contribution in [0.5, 0.6) is 0 Å². The molecule has 1 aliphatic carbocycles. The van der Waals surface area contributed by atoms with E-state index in [0.29, 0.717) is 31.7 Å². The van der Waals surface area contributed by atoms with Crippen LogP contribution in [0.15, 0.2) is 30.3 Å². The number of nitrogens with two attached hydrogens (primary N) is 1. The van der Waals surface area contributed by atoms with Crippen LogP contribution in [-0.2, 0) is 25.5 Å². The summed E-state index contributed by atoms with van der Waals surface area (Å²) in [5, 5.41) is 6.01. The molecule has 3 aliphatic rings. The van der Waals surface area contributed by atoms with Crippen molar-refractivity contribution in [2.45, 2.75) is 70.3 Å². The average molecular weight is 513 g/mol. The number of nitrogens with one attached hydrogen (secondary N) is 2. The van der Waals surface area contributed by atoms with Gasteiger partial charge in [0, 0.05) is 26.2 Å². The molecule has 0 radical (unpaired) electrons. The summed E-state index contributed by atoms with van der Waals surface area (Å²) >= 11 is 0. The van der Waals surface area contributed by atoms with Crippen molar-refractivity contribution in [3.8, 4) is 0 Å². The number of primary amides is 1. The molecule has 1 atom stereocenters. The fourth-order valence-electron chi connectivity index (χ4n) is 6.10. The average Bonchev–Trinajstić information content (AvgIpc) is 3.44. The normalized spacial score (nSPS) is 21.8. The molecule has 2 saturated heterocycles. The quantitative estimate of drug-likeness (QED) is 0.394. The standard InChI is InChI=1S/C29H44N4O4/c30-27(35)29(13-4-5-14-29)28(36)32-25(20-23-6-2-1-3-7-23)26(34)31-21-24-9-16-33(17-10-24)15-8-22-11-18-37-19-12-22/h1-3,6-7,22,24-25H,4-5,8-21H2,(H2,30,35)(H,31,34)(H,32,36)/t25-/m1/s1. The summed E-state index contributed by atoms with van der Waals surface area (Å²) in [6.45, 7) is 5.69. The van der Waals surface area contributed by atoms with Crippen LogP contribution in [0.2, 0.25) is 0 Å². The van der Waals surface area contributed by atoms with Crippen molar-refractivity contribution in [1.82, 2.24) is 15.5 Å². The molecule has 8 heteroatoms. The van der Waals surface area contributed by atoms with Gasteiger partial charge in [-0.05, 0) is 82.0 Å². The molecule has 1 aromatic carbocycles. The highest BCUT2D eigenvalue weighted by Gasteiger charge is 2.47. The Bertz CT molecular complexity index is 888. The number of amides is 3. The molecule has 0 spiro atoms. The first-order chi connectivity index (χ1) is 18.0. The molecule has 204 valence electrons. The molecule has 2 aliphatic heterocycles. The van der Waals surface area contributed by atoms with Gasteiger partial charge in [-0.25, -0.2) is 0 Å². The number of carbonyl (C=O) groups excluding carboxylic acids is 3. The summed E-state index contributed by atoms with van der Waals surface area (Å²) in [5.41, 5.74) is 5.42. The predicted molar refractivity (Wildman–Crippen MR) is 143 cm³/mol. The van der Waals surface area contributed by atoms with Crippen LogP contribution < -0.4 is 16.4 Å². The fourth-order valence-corrected chi connectivity index (χ4v) is 6.10. The third-order valence-corrected chi connectivity index (χ3v) is 8.73. The zero-order chi connectivity index (χ0) is 26.1. The minimum atomic E-state index is -1.20. The Morgan fingerprint density at radius 3 is 2.32 bits per heavy atom. The first-order valence-electron chi connectivity index (χ1n) is 14.2. The third kappa shape index (κ3) is 7.54. The smallest absolute Gasteiger partial charge is 0.242 e. The summed E-state index contributed by atoms with van der Waals surface area (Å²) in [6, 6.07) is 8.91. The largest absolute Gasteiger partial charge is 0.381 e. The van der Waals surface area contributed by atoms with Gasteiger partial charge in [-0.3, -0.25) is 14.4 Å². The molecular formula is C29H44N4O4. The maximum atomic E-state index is 13.3. The summed E-state index contributed by atoms with van der Waals surface area (Å²) in [5.74, 6) is 0.0248. The van der Waals surface area contributed by atoms with Gasteiger partial charge in [0.2, 0.25) is 17.7 Å². The number of piperidine rings is 1. The van der Waals surface area contributed by atoms with E-state index in [1.165, 1.54) is 19.3 Å². The van der Waals surface area contributed by atoms with Crippen molar-refractivity contribution in [2.24, 2.45) is 23.0 Å². The molecule has 8 nitrogen and oxygen atoms in total. The highest BCUT2D eigenvalue weighted by molar-refractivity contribution is 6.05. The Morgan fingerprint density at radius 2 is 1.68 bits per heavy atom. The van der Waals surface area contributed by atoms with Crippen LogP contribution >= 0.6 is 0 Å². The molecule has 3 amide bonds. The number of hydrogen-bond donors (Lipinski definition) is 3. The van der Waals surface area contributed by atoms with Crippen LogP contribution in [0.3, 0.4) is 0 Å². The molecule has 4 N–H and O–H groups in total. The van der Waals surface area contributed by atoms with Crippen molar-refractivity contribution < 1.29 is 19.1 Å². The van der Waals surface area contributed by atoms with Crippen molar-refractivity contribution >= 4 is 17.7 Å². The maximum absolute atomic E-state index is 13.3. The lowest BCUT2D eigenvalue weighted by Gasteiger charge is -2.33. The van der Waals surface area contributed by atoms with Gasteiger partial charge in [0.25, 0.3) is 0 Å². The van der Waals surface area contributed by atoms with E-state index in [2.05, 4.69) is 15.5 Å². The number of hydrogen-bond acceptors (Lipinski definition) is 5. The van der Waals surface area contributed by atoms with Crippen LogP contribution in [0.25, 0.3) is 0 Å². The number of likely N-dealkylation sites (tertiary alicyclic amines) is 1. The van der Waals surface area contributed by atoms with E-state index in [1.54, 1.807) is 0 Å². The minimum Gasteiger partial charge on any atom is -0.381 e. The van der Waals surface area contributed by atoms with E-state index in [9.17, 15) is 14.4 Å². The summed E-state index contributed by atoms with van der Waals surface area (Å²) in [7, 11) is 0. The summed E-state index contributed by atoms with van der Waals surface area (Å²) in [6.07, 6.45) is 8.59. The molecule has 0 bridgehead atoms. The second-order valence-corrected chi connectivity index (χ2v) is 11.2. The lowest BCUT2D eigenvalue weighted by atomic mass is 9.84. The number of carbonyl (C=O) groups is 3. The summed E-state index contributed by atoms with van der Waals surface area (Å²) in [4.78, 5) is 41.3. The van der Waals surface area contributed by atoms with Gasteiger partial charge in [-0.15, -0.1) is 0 Å². The number of ether oxygens (including phenoxy) is 1. The van der Waals surface area contributed by atoms with E-state index < -0.39 is 23.3 Å². The first kappa shape index (κ1) is 27.6. The second kappa shape index (κ2) is 13.4. The number of benzene rings is 1. The van der Waals surface area contributed by atoms with Gasteiger partial charge in [-0.1, -0.05) is 43.2 Å². The summed E-state index contributed by atoms with van der Waals surface area (Å²) < 4.78 is 5.47. The van der Waals surface area contributed by atoms with Gasteiger partial charge < -0.3 is 26.0 Å². The SMILES string of the molecule is NC(=O)C1(C(=O)N[C@H](Cc2ccccc2)C(=O)NCC2CCN(CCC3CCOCC3)CC2)CCCC1. The zero-order valence-corrected chi connectivity index (χ0v) is 22.1. The molecule has 37 heavy (non-hydrogen) atoms. The Hall–Kier alpha value is -2.45. The van der Waals surface area contributed by atoms with Crippen molar-refractivity contribution in [1.29, 1.82) is 0 Å². The minimum absolute atomic E-state index is 0.197. The molecule has 3 fully saturated rings. The second-order valence-electron chi connectivity index (χ2n) is 11.2. The van der Waals surface area contributed by atoms with E-state index >= 15 is 0 Å². The van der Waals surface area contributed by atoms with E-state index in [-0.39, 0.29) is 5.91 Å². The Labute approximate surface area is 221 Å². The zero-order valence-electron chi connectivity index (χ0n) is 22.1. The Balaban J connectivity index is 1.28. The van der Waals surface area contributed by atoms with Crippen LogP contribution in [0, 0.1) is 17.3 Å². The van der Waals surface area contributed by atoms with Crippen molar-refractivity contribution in [2.75, 3.05) is 39.4 Å². The van der Waals surface area contributed by atoms with Gasteiger partial charge in [-0.2, -0.15) is 0 Å². The van der Waals surface area contributed by atoms with Crippen molar-refractivity contribution in [3.05, 3.63) is 35.9 Å². The molecule has 1 saturated carbocycles. The monoisotopic (exact) mass is 512 g/mol. The molecular weight excluding hydrogens is 468 g/mol. The van der Waals surface area contributed by atoms with E-state index in [1.807, 2.05) is 30.3 Å². The molecule has 0 unspecified atom stereocenters. The van der Waals surface area contributed by atoms with Gasteiger partial charge in [0.05, 0.1) is 0 Å². The maximum Gasteiger partial charge on any atom is 0.242 e. The van der Waals surface area contributed by atoms with Gasteiger partial charge in [0.1, 0.15) is 11.5 Å². The topological polar surface area (TPSA) is 114 Å². The predicted octanol–water partition coefficient (Wildman–Crippen LogP) is 2.40. The fraction of sp³-hybridized carbons (Fsp3) is 0.690. The van der Waals surface area contributed by atoms with Crippen molar-refractivity contribution in [3.63, 3.8) is 0 Å². The first-order valence-corrected chi connectivity index (χ1v) is 14.2. The van der Waals surface area contributed by atoms with Gasteiger partial charge >= 0.3 is 0 Å². The molecule has 0 aromatic heterocycles. The molecule has 1 aromatic rings. The highest BCUT2D eigenvalue weighted by atomic mass is 16.5. The third-order valence-electron chi connectivity index (χ3n) is 8.73. The van der Waals surface area contributed by atoms with E-state index in [4.69, 9.17) is 10.5 Å². The van der Waals surface area contributed by atoms with Gasteiger partial charge in [0.15, 0.2) is 0 Å². The molecule has 4 rings (SSSR count). The Kier molecular flexibility index (Phi) is 9.97. The van der Waals surface area contributed by atoms with Crippen LogP contribution in [0.4, 0.5) is 0 Å². The number of nitrogens with zero attached hydrogens (tertiary/aromatic N) is 1. The van der Waals surface area contributed by atoms with E-state index in [0.717, 1.165) is 70.0 Å². The Morgan fingerprint density at radius 1 is 1.00 bits per heavy atom. The van der Waals surface area contributed by atoms with Crippen LogP contribution in [-0.4, -0.2) is 68.1 Å². The number of rotatable bonds is 11. The lowest BCUT2D eigenvalue weighted by Crippen LogP contribution is -2.55. The molecule has 2 heterocycles. The van der Waals surface area contributed by atoms with Crippen LogP contribution in [0.1, 0.15) is 63.4 Å². The highest BCUT2D eigenvalue weighted by Crippen LogP contribution is 2.38. The lowest BCUT2D eigenvalue weighted by molar-refractivity contribution is -0.143.